The van der Waals surface area contributed by atoms with E-state index in [0.717, 1.165) is 31.9 Å². The van der Waals surface area contributed by atoms with Crippen molar-refractivity contribution in [2.45, 2.75) is 25.8 Å². The van der Waals surface area contributed by atoms with Crippen LogP contribution in [0.2, 0.25) is 0 Å². The lowest BCUT2D eigenvalue weighted by atomic mass is 9.95. The van der Waals surface area contributed by atoms with Gasteiger partial charge in [-0.1, -0.05) is 18.2 Å². The minimum absolute atomic E-state index is 0. The summed E-state index contributed by atoms with van der Waals surface area (Å²) in [6, 6.07) is 6.69. The molecule has 1 saturated heterocycles. The van der Waals surface area contributed by atoms with E-state index >= 15 is 0 Å². The average molecular weight is 434 g/mol. The molecule has 1 aliphatic heterocycles. The number of piperidine rings is 1. The van der Waals surface area contributed by atoms with Crippen molar-refractivity contribution in [3.8, 4) is 0 Å². The van der Waals surface area contributed by atoms with Crippen LogP contribution in [0.15, 0.2) is 29.3 Å². The molecule has 2 rings (SSSR count). The molecule has 1 unspecified atom stereocenters. The highest BCUT2D eigenvalue weighted by atomic mass is 127. The Labute approximate surface area is 153 Å². The van der Waals surface area contributed by atoms with Crippen LogP contribution in [0.4, 0.5) is 4.39 Å². The summed E-state index contributed by atoms with van der Waals surface area (Å²) in [4.78, 5) is 17.4. The van der Waals surface area contributed by atoms with Crippen LogP contribution in [0, 0.1) is 11.7 Å². The molecule has 0 aliphatic carbocycles. The summed E-state index contributed by atoms with van der Waals surface area (Å²) in [5, 5.41) is 3.19. The number of nitrogens with one attached hydrogen (secondary N) is 1. The van der Waals surface area contributed by atoms with Crippen LogP contribution in [-0.2, 0) is 11.3 Å². The minimum Gasteiger partial charge on any atom is -0.370 e. The summed E-state index contributed by atoms with van der Waals surface area (Å²) in [7, 11) is 1.71. The predicted molar refractivity (Wildman–Crippen MR) is 100 cm³/mol. The molecule has 0 saturated carbocycles. The van der Waals surface area contributed by atoms with Gasteiger partial charge in [-0.05, 0) is 24.8 Å². The second-order valence-corrected chi connectivity index (χ2v) is 5.62. The maximum absolute atomic E-state index is 13.6. The van der Waals surface area contributed by atoms with E-state index in [-0.39, 0.29) is 41.6 Å². The molecule has 0 radical (unpaired) electrons. The van der Waals surface area contributed by atoms with Gasteiger partial charge in [-0.3, -0.25) is 9.79 Å². The third kappa shape index (κ3) is 5.96. The van der Waals surface area contributed by atoms with Gasteiger partial charge in [0.2, 0.25) is 5.91 Å². The summed E-state index contributed by atoms with van der Waals surface area (Å²) < 4.78 is 13.6. The predicted octanol–water partition coefficient (Wildman–Crippen LogP) is 2.11. The maximum Gasteiger partial charge on any atom is 0.217 e. The van der Waals surface area contributed by atoms with Gasteiger partial charge >= 0.3 is 0 Å². The molecule has 0 spiro atoms. The number of halogens is 2. The molecule has 0 bridgehead atoms. The quantitative estimate of drug-likeness (QED) is 0.433. The zero-order chi connectivity index (χ0) is 15.9. The minimum atomic E-state index is -0.263. The van der Waals surface area contributed by atoms with E-state index in [0.29, 0.717) is 18.5 Å². The van der Waals surface area contributed by atoms with Gasteiger partial charge in [0, 0.05) is 38.7 Å². The largest absolute Gasteiger partial charge is 0.370 e. The van der Waals surface area contributed by atoms with E-state index in [1.54, 1.807) is 19.2 Å². The van der Waals surface area contributed by atoms with Crippen molar-refractivity contribution in [2.24, 2.45) is 16.6 Å². The van der Waals surface area contributed by atoms with Crippen LogP contribution in [0.5, 0.6) is 0 Å². The number of hydrogen-bond acceptors (Lipinski definition) is 2. The van der Waals surface area contributed by atoms with Gasteiger partial charge in [0.25, 0.3) is 0 Å². The van der Waals surface area contributed by atoms with Gasteiger partial charge in [0.1, 0.15) is 5.82 Å². The highest BCUT2D eigenvalue weighted by molar-refractivity contribution is 14.0. The Morgan fingerprint density at radius 3 is 2.87 bits per heavy atom. The van der Waals surface area contributed by atoms with Crippen LogP contribution in [0.3, 0.4) is 0 Å². The highest BCUT2D eigenvalue weighted by Crippen LogP contribution is 2.19. The van der Waals surface area contributed by atoms with Gasteiger partial charge < -0.3 is 16.0 Å². The zero-order valence-corrected chi connectivity index (χ0v) is 15.6. The number of primary amides is 1. The highest BCUT2D eigenvalue weighted by Gasteiger charge is 2.23. The first-order chi connectivity index (χ1) is 10.6. The van der Waals surface area contributed by atoms with Gasteiger partial charge in [0.15, 0.2) is 5.96 Å². The van der Waals surface area contributed by atoms with E-state index in [9.17, 15) is 9.18 Å². The van der Waals surface area contributed by atoms with Gasteiger partial charge in [-0.15, -0.1) is 24.0 Å². The number of aliphatic imine (C=N–C) groups is 1. The monoisotopic (exact) mass is 434 g/mol. The smallest absolute Gasteiger partial charge is 0.217 e. The molecule has 1 aromatic rings. The normalized spacial score (nSPS) is 18.3. The Morgan fingerprint density at radius 2 is 2.22 bits per heavy atom. The summed E-state index contributed by atoms with van der Waals surface area (Å²) in [5.74, 6) is 0.507. The average Bonchev–Trinajstić information content (AvgIpc) is 2.49. The number of hydrogen-bond donors (Lipinski definition) is 2. The van der Waals surface area contributed by atoms with Gasteiger partial charge in [-0.25, -0.2) is 4.39 Å². The molecule has 128 valence electrons. The van der Waals surface area contributed by atoms with Crippen LogP contribution in [0.25, 0.3) is 0 Å². The first-order valence-corrected chi connectivity index (χ1v) is 7.57. The van der Waals surface area contributed by atoms with Crippen LogP contribution in [0.1, 0.15) is 24.8 Å². The Balaban J connectivity index is 0.00000264. The van der Waals surface area contributed by atoms with Crippen molar-refractivity contribution in [3.05, 3.63) is 35.6 Å². The Hall–Kier alpha value is -1.38. The Bertz CT molecular complexity index is 553. The van der Waals surface area contributed by atoms with E-state index in [1.807, 2.05) is 6.07 Å². The van der Waals surface area contributed by atoms with Crippen molar-refractivity contribution in [1.82, 2.24) is 10.2 Å². The number of carbonyl (C=O) groups is 1. The van der Waals surface area contributed by atoms with Crippen molar-refractivity contribution in [2.75, 3.05) is 20.1 Å². The molecular formula is C16H24FIN4O. The first-order valence-electron chi connectivity index (χ1n) is 7.57. The van der Waals surface area contributed by atoms with E-state index in [2.05, 4.69) is 15.2 Å². The molecule has 5 nitrogen and oxygen atoms in total. The third-order valence-electron chi connectivity index (χ3n) is 3.91. The summed E-state index contributed by atoms with van der Waals surface area (Å²) >= 11 is 0. The molecule has 1 aromatic carbocycles. The van der Waals surface area contributed by atoms with Gasteiger partial charge in [-0.2, -0.15) is 0 Å². The van der Waals surface area contributed by atoms with Crippen molar-refractivity contribution >= 4 is 35.8 Å². The number of rotatable bonds is 4. The lowest BCUT2D eigenvalue weighted by molar-refractivity contribution is -0.119. The summed E-state index contributed by atoms with van der Waals surface area (Å²) in [5.41, 5.74) is 5.89. The summed E-state index contributed by atoms with van der Waals surface area (Å²) in [6.07, 6.45) is 2.41. The second-order valence-electron chi connectivity index (χ2n) is 5.62. The third-order valence-corrected chi connectivity index (χ3v) is 3.91. The number of guanidine groups is 1. The second kappa shape index (κ2) is 9.69. The number of benzene rings is 1. The molecule has 3 N–H and O–H groups in total. The molecule has 1 aliphatic rings. The Kier molecular flexibility index (Phi) is 8.29. The number of likely N-dealkylation sites (tertiary alicyclic amines) is 1. The molecule has 0 aromatic heterocycles. The topological polar surface area (TPSA) is 70.7 Å². The fourth-order valence-electron chi connectivity index (χ4n) is 2.86. The fourth-order valence-corrected chi connectivity index (χ4v) is 2.86. The maximum atomic E-state index is 13.6. The van der Waals surface area contributed by atoms with E-state index < -0.39 is 0 Å². The van der Waals surface area contributed by atoms with Crippen LogP contribution >= 0.6 is 24.0 Å². The molecule has 23 heavy (non-hydrogen) atoms. The first kappa shape index (κ1) is 19.7. The van der Waals surface area contributed by atoms with Crippen LogP contribution in [-0.4, -0.2) is 36.9 Å². The molecule has 1 fully saturated rings. The lowest BCUT2D eigenvalue weighted by Gasteiger charge is -2.34. The van der Waals surface area contributed by atoms with Crippen LogP contribution < -0.4 is 11.1 Å². The molecule has 1 atom stereocenters. The van der Waals surface area contributed by atoms with Gasteiger partial charge in [0.05, 0.1) is 0 Å². The molecule has 7 heteroatoms. The number of nitrogens with zero attached hydrogens (tertiary/aromatic N) is 2. The van der Waals surface area contributed by atoms with E-state index in [4.69, 9.17) is 5.73 Å². The Morgan fingerprint density at radius 1 is 1.48 bits per heavy atom. The molecule has 1 amide bonds. The molecule has 1 heterocycles. The standard InChI is InChI=1S/C16H23FN4O.HI/c1-19-16(20-10-13-6-2-3-7-14(13)17)21-8-4-5-12(11-21)9-15(18)22;/h2-3,6-7,12H,4-5,8-11H2,1H3,(H2,18,22)(H,19,20);1H. The number of amides is 1. The van der Waals surface area contributed by atoms with Crippen molar-refractivity contribution in [3.63, 3.8) is 0 Å². The molecular weight excluding hydrogens is 410 g/mol. The SMILES string of the molecule is CN=C(NCc1ccccc1F)N1CCCC(CC(N)=O)C1.I. The van der Waals surface area contributed by atoms with Crippen molar-refractivity contribution < 1.29 is 9.18 Å². The van der Waals surface area contributed by atoms with E-state index in [1.165, 1.54) is 6.07 Å². The fraction of sp³-hybridized carbons (Fsp3) is 0.500. The van der Waals surface area contributed by atoms with Crippen molar-refractivity contribution in [1.29, 1.82) is 0 Å². The lowest BCUT2D eigenvalue weighted by Crippen LogP contribution is -2.47. The zero-order valence-electron chi connectivity index (χ0n) is 13.3. The summed E-state index contributed by atoms with van der Waals surface area (Å²) in [6.45, 7) is 2.02. The number of carbonyl (C=O) groups excluding carboxylic acids is 1. The number of nitrogens with two attached hydrogens (primary N) is 1.